The number of nitrogens with one attached hydrogen (secondary N) is 3. The van der Waals surface area contributed by atoms with Crippen molar-refractivity contribution in [3.63, 3.8) is 0 Å². The summed E-state index contributed by atoms with van der Waals surface area (Å²) in [6.07, 6.45) is 2.96. The van der Waals surface area contributed by atoms with Crippen molar-refractivity contribution in [2.24, 2.45) is 10.9 Å². The molecule has 6 nitrogen and oxygen atoms in total. The molecule has 7 heteroatoms. The van der Waals surface area contributed by atoms with Crippen molar-refractivity contribution < 1.29 is 9.53 Å². The molecule has 1 aromatic rings. The summed E-state index contributed by atoms with van der Waals surface area (Å²) in [7, 11) is 1.76. The topological polar surface area (TPSA) is 74.8 Å². The molecular weight excluding hydrogens is 443 g/mol. The third-order valence-corrected chi connectivity index (χ3v) is 4.43. The molecule has 0 aromatic heterocycles. The predicted octanol–water partition coefficient (Wildman–Crippen LogP) is 3.06. The van der Waals surface area contributed by atoms with Gasteiger partial charge in [-0.2, -0.15) is 0 Å². The maximum absolute atomic E-state index is 11.7. The van der Waals surface area contributed by atoms with Gasteiger partial charge in [-0.1, -0.05) is 31.2 Å². The third kappa shape index (κ3) is 7.39. The lowest BCUT2D eigenvalue weighted by Crippen LogP contribution is -2.48. The molecule has 1 atom stereocenters. The molecule has 1 aliphatic carbocycles. The molecule has 1 aliphatic rings. The lowest BCUT2D eigenvalue weighted by atomic mass is 10.1. The Balaban J connectivity index is 0.00000338. The number of alkyl carbamates (subject to hydrolysis) is 1. The summed E-state index contributed by atoms with van der Waals surface area (Å²) in [4.78, 5) is 16.0. The van der Waals surface area contributed by atoms with Crippen LogP contribution in [0.3, 0.4) is 0 Å². The van der Waals surface area contributed by atoms with Crippen LogP contribution in [0.1, 0.15) is 37.8 Å². The Morgan fingerprint density at radius 3 is 2.50 bits per heavy atom. The third-order valence-electron chi connectivity index (χ3n) is 4.43. The fraction of sp³-hybridized carbons (Fsp3) is 0.579. The molecule has 1 saturated carbocycles. The summed E-state index contributed by atoms with van der Waals surface area (Å²) < 4.78 is 4.99. The van der Waals surface area contributed by atoms with E-state index in [-0.39, 0.29) is 36.1 Å². The molecule has 26 heavy (non-hydrogen) atoms. The molecular formula is C19H31IN4O2. The maximum atomic E-state index is 11.7. The van der Waals surface area contributed by atoms with Gasteiger partial charge in [0.1, 0.15) is 0 Å². The predicted molar refractivity (Wildman–Crippen MR) is 116 cm³/mol. The zero-order chi connectivity index (χ0) is 18.1. The molecule has 0 aliphatic heterocycles. The van der Waals surface area contributed by atoms with Gasteiger partial charge in [-0.3, -0.25) is 4.99 Å². The SMILES string of the molecule is CCOC(=O)NC(CNC(=NC)NCc1ccccc1CC)C1CC1.I. The zero-order valence-electron chi connectivity index (χ0n) is 15.9. The number of benzene rings is 1. The summed E-state index contributed by atoms with van der Waals surface area (Å²) in [5, 5.41) is 9.61. The minimum Gasteiger partial charge on any atom is -0.450 e. The second-order valence-electron chi connectivity index (χ2n) is 6.24. The molecule has 0 radical (unpaired) electrons. The molecule has 1 fully saturated rings. The highest BCUT2D eigenvalue weighted by atomic mass is 127. The van der Waals surface area contributed by atoms with Gasteiger partial charge < -0.3 is 20.7 Å². The molecule has 1 unspecified atom stereocenters. The van der Waals surface area contributed by atoms with Gasteiger partial charge in [-0.05, 0) is 43.2 Å². The van der Waals surface area contributed by atoms with Crippen LogP contribution in [-0.2, 0) is 17.7 Å². The summed E-state index contributed by atoms with van der Waals surface area (Å²) in [5.41, 5.74) is 2.61. The number of carbonyl (C=O) groups is 1. The number of ether oxygens (including phenoxy) is 1. The Morgan fingerprint density at radius 2 is 1.92 bits per heavy atom. The number of aliphatic imine (C=N–C) groups is 1. The van der Waals surface area contributed by atoms with E-state index in [1.54, 1.807) is 7.05 Å². The van der Waals surface area contributed by atoms with Crippen LogP contribution >= 0.6 is 24.0 Å². The first-order valence-electron chi connectivity index (χ1n) is 9.12. The van der Waals surface area contributed by atoms with E-state index in [9.17, 15) is 4.79 Å². The van der Waals surface area contributed by atoms with E-state index < -0.39 is 0 Å². The first kappa shape index (κ1) is 22.5. The number of amides is 1. The van der Waals surface area contributed by atoms with Crippen LogP contribution in [-0.4, -0.2) is 38.3 Å². The Hall–Kier alpha value is -1.51. The van der Waals surface area contributed by atoms with Crippen molar-refractivity contribution in [3.05, 3.63) is 35.4 Å². The first-order valence-corrected chi connectivity index (χ1v) is 9.12. The summed E-state index contributed by atoms with van der Waals surface area (Å²) in [5.74, 6) is 1.26. The smallest absolute Gasteiger partial charge is 0.407 e. The summed E-state index contributed by atoms with van der Waals surface area (Å²) >= 11 is 0. The normalized spacial score (nSPS) is 14.8. The fourth-order valence-corrected chi connectivity index (χ4v) is 2.84. The van der Waals surface area contributed by atoms with Crippen LogP contribution in [0.5, 0.6) is 0 Å². The molecule has 1 amide bonds. The number of hydrogen-bond acceptors (Lipinski definition) is 3. The van der Waals surface area contributed by atoms with Crippen molar-refractivity contribution in [1.29, 1.82) is 0 Å². The van der Waals surface area contributed by atoms with Crippen LogP contribution in [0.25, 0.3) is 0 Å². The largest absolute Gasteiger partial charge is 0.450 e. The fourth-order valence-electron chi connectivity index (χ4n) is 2.84. The van der Waals surface area contributed by atoms with E-state index in [0.29, 0.717) is 19.1 Å². The molecule has 0 spiro atoms. The van der Waals surface area contributed by atoms with Crippen molar-refractivity contribution in [2.75, 3.05) is 20.2 Å². The molecule has 146 valence electrons. The highest BCUT2D eigenvalue weighted by molar-refractivity contribution is 14.0. The standard InChI is InChI=1S/C19H30N4O2.HI/c1-4-14-8-6-7-9-16(14)12-21-18(20-3)22-13-17(15-10-11-15)23-19(24)25-5-2;/h6-9,15,17H,4-5,10-13H2,1-3H3,(H,23,24)(H2,20,21,22);1H. The number of guanidine groups is 1. The van der Waals surface area contributed by atoms with Gasteiger partial charge in [0.05, 0.1) is 12.6 Å². The van der Waals surface area contributed by atoms with Crippen LogP contribution in [0.4, 0.5) is 4.79 Å². The van der Waals surface area contributed by atoms with Crippen LogP contribution in [0.15, 0.2) is 29.3 Å². The van der Waals surface area contributed by atoms with E-state index in [4.69, 9.17) is 4.74 Å². The van der Waals surface area contributed by atoms with Crippen molar-refractivity contribution in [2.45, 2.75) is 45.7 Å². The van der Waals surface area contributed by atoms with E-state index in [1.165, 1.54) is 11.1 Å². The van der Waals surface area contributed by atoms with Crippen LogP contribution in [0, 0.1) is 5.92 Å². The van der Waals surface area contributed by atoms with Gasteiger partial charge in [0.2, 0.25) is 0 Å². The van der Waals surface area contributed by atoms with Gasteiger partial charge in [0.25, 0.3) is 0 Å². The average molecular weight is 474 g/mol. The van der Waals surface area contributed by atoms with Crippen molar-refractivity contribution >= 4 is 36.0 Å². The van der Waals surface area contributed by atoms with E-state index >= 15 is 0 Å². The molecule has 3 N–H and O–H groups in total. The lowest BCUT2D eigenvalue weighted by molar-refractivity contribution is 0.146. The minimum atomic E-state index is -0.346. The first-order chi connectivity index (χ1) is 12.2. The van der Waals surface area contributed by atoms with E-state index in [1.807, 2.05) is 6.92 Å². The quantitative estimate of drug-likeness (QED) is 0.308. The molecule has 1 aromatic carbocycles. The molecule has 0 bridgehead atoms. The number of carbonyl (C=O) groups excluding carboxylic acids is 1. The Kier molecular flexibility index (Phi) is 10.4. The highest BCUT2D eigenvalue weighted by Gasteiger charge is 2.32. The van der Waals surface area contributed by atoms with Gasteiger partial charge in [0, 0.05) is 20.1 Å². The van der Waals surface area contributed by atoms with E-state index in [2.05, 4.69) is 52.1 Å². The van der Waals surface area contributed by atoms with Crippen LogP contribution < -0.4 is 16.0 Å². The Labute approximate surface area is 173 Å². The minimum absolute atomic E-state index is 0. The number of nitrogens with zero attached hydrogens (tertiary/aromatic N) is 1. The average Bonchev–Trinajstić information content (AvgIpc) is 3.46. The zero-order valence-corrected chi connectivity index (χ0v) is 18.2. The Morgan fingerprint density at radius 1 is 1.23 bits per heavy atom. The maximum Gasteiger partial charge on any atom is 0.407 e. The second-order valence-corrected chi connectivity index (χ2v) is 6.24. The van der Waals surface area contributed by atoms with E-state index in [0.717, 1.165) is 31.8 Å². The Bertz CT molecular complexity index is 591. The molecule has 0 heterocycles. The summed E-state index contributed by atoms with van der Waals surface area (Å²) in [6.45, 7) is 5.72. The van der Waals surface area contributed by atoms with Crippen molar-refractivity contribution in [1.82, 2.24) is 16.0 Å². The van der Waals surface area contributed by atoms with Crippen LogP contribution in [0.2, 0.25) is 0 Å². The van der Waals surface area contributed by atoms with Crippen molar-refractivity contribution in [3.8, 4) is 0 Å². The number of rotatable bonds is 8. The number of hydrogen-bond donors (Lipinski definition) is 3. The molecule has 2 rings (SSSR count). The number of aryl methyl sites for hydroxylation is 1. The molecule has 0 saturated heterocycles. The van der Waals surface area contributed by atoms with Gasteiger partial charge in [0.15, 0.2) is 5.96 Å². The monoisotopic (exact) mass is 474 g/mol. The summed E-state index contributed by atoms with van der Waals surface area (Å²) in [6, 6.07) is 8.48. The lowest BCUT2D eigenvalue weighted by Gasteiger charge is -2.20. The van der Waals surface area contributed by atoms with Gasteiger partial charge >= 0.3 is 6.09 Å². The van der Waals surface area contributed by atoms with Gasteiger partial charge in [-0.25, -0.2) is 4.79 Å². The number of halogens is 1. The second kappa shape index (κ2) is 12.0. The highest BCUT2D eigenvalue weighted by Crippen LogP contribution is 2.32. The van der Waals surface area contributed by atoms with Gasteiger partial charge in [-0.15, -0.1) is 24.0 Å².